The van der Waals surface area contributed by atoms with Crippen molar-refractivity contribution in [3.63, 3.8) is 0 Å². The van der Waals surface area contributed by atoms with E-state index in [4.69, 9.17) is 0 Å². The minimum absolute atomic E-state index is 0.142. The van der Waals surface area contributed by atoms with Crippen LogP contribution in [0.2, 0.25) is 0 Å². The molecule has 2 fully saturated rings. The molecular weight excluding hydrogens is 254 g/mol. The first-order valence-corrected chi connectivity index (χ1v) is 7.92. The largest absolute Gasteiger partial charge is 0.481 e. The van der Waals surface area contributed by atoms with Crippen LogP contribution in [0.5, 0.6) is 0 Å². The maximum Gasteiger partial charge on any atom is 0.308 e. The van der Waals surface area contributed by atoms with Gasteiger partial charge in [-0.05, 0) is 26.9 Å². The van der Waals surface area contributed by atoms with Gasteiger partial charge in [-0.1, -0.05) is 12.8 Å². The molecular formula is C15H29N3O2. The van der Waals surface area contributed by atoms with Crippen molar-refractivity contribution in [1.29, 1.82) is 0 Å². The fourth-order valence-electron chi connectivity index (χ4n) is 3.50. The Balaban J connectivity index is 1.81. The molecule has 5 heteroatoms. The average Bonchev–Trinajstić information content (AvgIpc) is 2.45. The summed E-state index contributed by atoms with van der Waals surface area (Å²) >= 11 is 0. The highest BCUT2D eigenvalue weighted by Gasteiger charge is 2.35. The highest BCUT2D eigenvalue weighted by Crippen LogP contribution is 2.29. The Kier molecular flexibility index (Phi) is 5.81. The van der Waals surface area contributed by atoms with Gasteiger partial charge < -0.3 is 10.0 Å². The lowest BCUT2D eigenvalue weighted by Crippen LogP contribution is -2.54. The van der Waals surface area contributed by atoms with Gasteiger partial charge in [0, 0.05) is 45.3 Å². The topological polar surface area (TPSA) is 47.0 Å². The Morgan fingerprint density at radius 3 is 2.40 bits per heavy atom. The molecule has 20 heavy (non-hydrogen) atoms. The van der Waals surface area contributed by atoms with Crippen molar-refractivity contribution in [3.05, 3.63) is 0 Å². The molecule has 0 aromatic heterocycles. The molecule has 0 bridgehead atoms. The van der Waals surface area contributed by atoms with Crippen LogP contribution in [0, 0.1) is 5.92 Å². The number of rotatable bonds is 5. The van der Waals surface area contributed by atoms with Gasteiger partial charge in [-0.25, -0.2) is 0 Å². The smallest absolute Gasteiger partial charge is 0.308 e. The zero-order valence-corrected chi connectivity index (χ0v) is 12.9. The third kappa shape index (κ3) is 4.17. The van der Waals surface area contributed by atoms with Gasteiger partial charge in [-0.2, -0.15) is 0 Å². The van der Waals surface area contributed by atoms with Crippen LogP contribution < -0.4 is 0 Å². The fraction of sp³-hybridized carbons (Fsp3) is 0.933. The van der Waals surface area contributed by atoms with Crippen molar-refractivity contribution in [2.75, 3.05) is 53.4 Å². The lowest BCUT2D eigenvalue weighted by molar-refractivity contribution is -0.146. The van der Waals surface area contributed by atoms with Gasteiger partial charge in [-0.3, -0.25) is 14.6 Å². The number of aliphatic carboxylic acids is 1. The lowest BCUT2D eigenvalue weighted by Gasteiger charge is -2.43. The first-order valence-electron chi connectivity index (χ1n) is 7.92. The molecule has 1 saturated heterocycles. The van der Waals surface area contributed by atoms with Crippen LogP contribution in [0.3, 0.4) is 0 Å². The molecule has 5 nitrogen and oxygen atoms in total. The van der Waals surface area contributed by atoms with Gasteiger partial charge in [0.05, 0.1) is 5.92 Å². The maximum absolute atomic E-state index is 11.4. The second-order valence-corrected chi connectivity index (χ2v) is 6.48. The van der Waals surface area contributed by atoms with E-state index in [1.54, 1.807) is 0 Å². The van der Waals surface area contributed by atoms with Crippen LogP contribution in [0.4, 0.5) is 0 Å². The van der Waals surface area contributed by atoms with Crippen molar-refractivity contribution in [1.82, 2.24) is 14.7 Å². The molecule has 0 aromatic rings. The minimum atomic E-state index is -0.593. The van der Waals surface area contributed by atoms with E-state index in [9.17, 15) is 9.90 Å². The van der Waals surface area contributed by atoms with Gasteiger partial charge in [0.2, 0.25) is 0 Å². The number of hydrogen-bond acceptors (Lipinski definition) is 4. The maximum atomic E-state index is 11.4. The summed E-state index contributed by atoms with van der Waals surface area (Å²) in [6.07, 6.45) is 4.20. The van der Waals surface area contributed by atoms with E-state index >= 15 is 0 Å². The van der Waals surface area contributed by atoms with Crippen LogP contribution in [0.1, 0.15) is 25.7 Å². The monoisotopic (exact) mass is 283 g/mol. The number of carbonyl (C=O) groups is 1. The average molecular weight is 283 g/mol. The Morgan fingerprint density at radius 1 is 1.15 bits per heavy atom. The van der Waals surface area contributed by atoms with Gasteiger partial charge in [0.25, 0.3) is 0 Å². The quantitative estimate of drug-likeness (QED) is 0.809. The van der Waals surface area contributed by atoms with Crippen LogP contribution >= 0.6 is 0 Å². The summed E-state index contributed by atoms with van der Waals surface area (Å²) in [5.41, 5.74) is 0. The molecule has 0 aromatic carbocycles. The number of piperazine rings is 1. The third-order valence-electron chi connectivity index (χ3n) is 4.79. The summed E-state index contributed by atoms with van der Waals surface area (Å²) < 4.78 is 0. The highest BCUT2D eigenvalue weighted by molar-refractivity contribution is 5.71. The van der Waals surface area contributed by atoms with E-state index in [0.29, 0.717) is 0 Å². The molecule has 0 radical (unpaired) electrons. The zero-order chi connectivity index (χ0) is 14.5. The standard InChI is InChI=1S/C15H29N3O2/c1-16(2)7-8-17-9-11-18(12-10-17)14-6-4-3-5-13(14)15(19)20/h13-14H,3-12H2,1-2H3,(H,19,20). The van der Waals surface area contributed by atoms with E-state index in [0.717, 1.165) is 58.5 Å². The number of carboxylic acid groups (broad SMARTS) is 1. The predicted octanol–water partition coefficient (Wildman–Crippen LogP) is 0.809. The molecule has 1 saturated carbocycles. The number of nitrogens with zero attached hydrogens (tertiary/aromatic N) is 3. The van der Waals surface area contributed by atoms with E-state index in [2.05, 4.69) is 28.8 Å². The fourth-order valence-corrected chi connectivity index (χ4v) is 3.50. The second-order valence-electron chi connectivity index (χ2n) is 6.48. The molecule has 1 heterocycles. The SMILES string of the molecule is CN(C)CCN1CCN(C2CCCCC2C(=O)O)CC1. The molecule has 0 amide bonds. The van der Waals surface area contributed by atoms with E-state index in [1.807, 2.05) is 0 Å². The van der Waals surface area contributed by atoms with Gasteiger partial charge in [0.1, 0.15) is 0 Å². The lowest BCUT2D eigenvalue weighted by atomic mass is 9.83. The highest BCUT2D eigenvalue weighted by atomic mass is 16.4. The van der Waals surface area contributed by atoms with Crippen molar-refractivity contribution < 1.29 is 9.90 Å². The molecule has 1 aliphatic heterocycles. The molecule has 2 rings (SSSR count). The third-order valence-corrected chi connectivity index (χ3v) is 4.79. The van der Waals surface area contributed by atoms with Crippen molar-refractivity contribution in [2.24, 2.45) is 5.92 Å². The molecule has 2 aliphatic rings. The van der Waals surface area contributed by atoms with Crippen LogP contribution in [0.15, 0.2) is 0 Å². The molecule has 1 N–H and O–H groups in total. The Labute approximate surface area is 122 Å². The normalized spacial score (nSPS) is 29.8. The first kappa shape index (κ1) is 15.7. The van der Waals surface area contributed by atoms with Crippen molar-refractivity contribution in [3.8, 4) is 0 Å². The van der Waals surface area contributed by atoms with Gasteiger partial charge in [0.15, 0.2) is 0 Å². The molecule has 116 valence electrons. The predicted molar refractivity (Wildman–Crippen MR) is 79.9 cm³/mol. The Bertz CT molecular complexity index is 314. The summed E-state index contributed by atoms with van der Waals surface area (Å²) in [5, 5.41) is 9.39. The van der Waals surface area contributed by atoms with E-state index in [1.165, 1.54) is 6.42 Å². The Morgan fingerprint density at radius 2 is 1.80 bits per heavy atom. The first-order chi connectivity index (χ1) is 9.58. The van der Waals surface area contributed by atoms with Crippen molar-refractivity contribution in [2.45, 2.75) is 31.7 Å². The number of likely N-dealkylation sites (N-methyl/N-ethyl adjacent to an activating group) is 1. The van der Waals surface area contributed by atoms with E-state index in [-0.39, 0.29) is 12.0 Å². The van der Waals surface area contributed by atoms with Gasteiger partial charge >= 0.3 is 5.97 Å². The van der Waals surface area contributed by atoms with Crippen LogP contribution in [-0.2, 0) is 4.79 Å². The molecule has 1 aliphatic carbocycles. The summed E-state index contributed by atoms with van der Waals surface area (Å²) in [6.45, 7) is 6.44. The Hall–Kier alpha value is -0.650. The van der Waals surface area contributed by atoms with Gasteiger partial charge in [-0.15, -0.1) is 0 Å². The number of hydrogen-bond donors (Lipinski definition) is 1. The minimum Gasteiger partial charge on any atom is -0.481 e. The molecule has 2 unspecified atom stereocenters. The molecule has 2 atom stereocenters. The second kappa shape index (κ2) is 7.38. The summed E-state index contributed by atoms with van der Waals surface area (Å²) in [5.74, 6) is -0.734. The summed E-state index contributed by atoms with van der Waals surface area (Å²) in [6, 6.07) is 0.275. The van der Waals surface area contributed by atoms with E-state index < -0.39 is 5.97 Å². The molecule has 0 spiro atoms. The summed E-state index contributed by atoms with van der Waals surface area (Å²) in [7, 11) is 4.21. The number of carboxylic acids is 1. The zero-order valence-electron chi connectivity index (χ0n) is 12.9. The van der Waals surface area contributed by atoms with Crippen LogP contribution in [-0.4, -0.2) is 85.2 Å². The van der Waals surface area contributed by atoms with Crippen molar-refractivity contribution >= 4 is 5.97 Å². The van der Waals surface area contributed by atoms with Crippen LogP contribution in [0.25, 0.3) is 0 Å². The summed E-state index contributed by atoms with van der Waals surface area (Å²) in [4.78, 5) is 18.6.